The maximum atomic E-state index is 12.2. The summed E-state index contributed by atoms with van der Waals surface area (Å²) in [5, 5.41) is 10.6. The normalized spacial score (nSPS) is 10.5. The van der Waals surface area contributed by atoms with Gasteiger partial charge < -0.3 is 9.73 Å². The predicted molar refractivity (Wildman–Crippen MR) is 94.9 cm³/mol. The average Bonchev–Trinajstić information content (AvgIpc) is 3.02. The van der Waals surface area contributed by atoms with Crippen LogP contribution < -0.4 is 5.32 Å². The molecule has 1 aromatic heterocycles. The van der Waals surface area contributed by atoms with E-state index in [9.17, 15) is 4.79 Å². The van der Waals surface area contributed by atoms with Crippen LogP contribution in [0.3, 0.4) is 0 Å². The molecule has 24 heavy (non-hydrogen) atoms. The zero-order valence-corrected chi connectivity index (χ0v) is 14.0. The van der Waals surface area contributed by atoms with Crippen LogP contribution in [0.1, 0.15) is 27.7 Å². The van der Waals surface area contributed by atoms with Gasteiger partial charge >= 0.3 is 0 Å². The Balaban J connectivity index is 1.52. The molecule has 5 nitrogen and oxygen atoms in total. The summed E-state index contributed by atoms with van der Waals surface area (Å²) in [6, 6.07) is 17.0. The summed E-state index contributed by atoms with van der Waals surface area (Å²) >= 11 is 1.69. The fraction of sp³-hybridized carbons (Fsp3) is 0.167. The molecular formula is C18H17N3O2S. The lowest BCUT2D eigenvalue weighted by molar-refractivity contribution is 0.102. The number of nitrogens with one attached hydrogen (secondary N) is 1. The topological polar surface area (TPSA) is 68.0 Å². The van der Waals surface area contributed by atoms with Crippen molar-refractivity contribution in [3.05, 3.63) is 77.5 Å². The van der Waals surface area contributed by atoms with Crippen molar-refractivity contribution in [3.8, 4) is 0 Å². The summed E-state index contributed by atoms with van der Waals surface area (Å²) in [6.45, 7) is 1.78. The first kappa shape index (κ1) is 16.3. The number of aromatic nitrogens is 2. The highest BCUT2D eigenvalue weighted by Gasteiger charge is 2.06. The van der Waals surface area contributed by atoms with E-state index in [0.717, 1.165) is 17.0 Å². The second-order valence-corrected chi connectivity index (χ2v) is 6.21. The first-order chi connectivity index (χ1) is 11.7. The Morgan fingerprint density at radius 3 is 2.46 bits per heavy atom. The molecule has 1 heterocycles. The number of benzene rings is 2. The van der Waals surface area contributed by atoms with Crippen LogP contribution in [0, 0.1) is 6.92 Å². The summed E-state index contributed by atoms with van der Waals surface area (Å²) in [4.78, 5) is 12.2. The van der Waals surface area contributed by atoms with Crippen molar-refractivity contribution in [1.29, 1.82) is 0 Å². The molecule has 6 heteroatoms. The van der Waals surface area contributed by atoms with Gasteiger partial charge in [-0.2, -0.15) is 0 Å². The van der Waals surface area contributed by atoms with Gasteiger partial charge in [0.25, 0.3) is 5.91 Å². The molecule has 0 spiro atoms. The Bertz CT molecular complexity index is 801. The van der Waals surface area contributed by atoms with Crippen molar-refractivity contribution in [1.82, 2.24) is 10.2 Å². The molecule has 0 saturated heterocycles. The smallest absolute Gasteiger partial charge is 0.255 e. The van der Waals surface area contributed by atoms with Crippen LogP contribution in [0.5, 0.6) is 0 Å². The fourth-order valence-electron chi connectivity index (χ4n) is 2.13. The summed E-state index contributed by atoms with van der Waals surface area (Å²) < 4.78 is 5.33. The molecule has 2 aromatic carbocycles. The molecule has 0 unspecified atom stereocenters. The molecular weight excluding hydrogens is 322 g/mol. The van der Waals surface area contributed by atoms with Crippen molar-refractivity contribution in [2.24, 2.45) is 0 Å². The van der Waals surface area contributed by atoms with E-state index in [1.165, 1.54) is 0 Å². The van der Waals surface area contributed by atoms with Crippen molar-refractivity contribution in [2.75, 3.05) is 5.32 Å². The number of anilines is 1. The van der Waals surface area contributed by atoms with E-state index < -0.39 is 0 Å². The van der Waals surface area contributed by atoms with E-state index in [1.54, 1.807) is 18.7 Å². The molecule has 1 amide bonds. The Labute approximate surface area is 144 Å². The Kier molecular flexibility index (Phi) is 5.28. The van der Waals surface area contributed by atoms with Gasteiger partial charge in [-0.05, 0) is 29.8 Å². The molecule has 0 fully saturated rings. The van der Waals surface area contributed by atoms with Crippen molar-refractivity contribution >= 4 is 23.4 Å². The van der Waals surface area contributed by atoms with E-state index >= 15 is 0 Å². The molecule has 0 saturated carbocycles. The lowest BCUT2D eigenvalue weighted by atomic mass is 10.1. The fourth-order valence-corrected chi connectivity index (χ4v) is 2.95. The Hall–Kier alpha value is -2.60. The third kappa shape index (κ3) is 4.45. The highest BCUT2D eigenvalue weighted by molar-refractivity contribution is 7.97. The number of para-hydroxylation sites is 1. The largest absolute Gasteiger partial charge is 0.425 e. The van der Waals surface area contributed by atoms with E-state index in [1.807, 2.05) is 54.6 Å². The second kappa shape index (κ2) is 7.79. The lowest BCUT2D eigenvalue weighted by Crippen LogP contribution is -2.11. The highest BCUT2D eigenvalue weighted by Crippen LogP contribution is 2.18. The number of hydrogen-bond acceptors (Lipinski definition) is 5. The summed E-state index contributed by atoms with van der Waals surface area (Å²) in [5.74, 6) is 2.61. The van der Waals surface area contributed by atoms with Gasteiger partial charge in [-0.1, -0.05) is 30.3 Å². The molecule has 3 rings (SSSR count). The number of hydrogen-bond donors (Lipinski definition) is 1. The van der Waals surface area contributed by atoms with Crippen LogP contribution in [0.2, 0.25) is 0 Å². The number of carbonyl (C=O) groups is 1. The molecule has 122 valence electrons. The second-order valence-electron chi connectivity index (χ2n) is 5.22. The van der Waals surface area contributed by atoms with Crippen LogP contribution in [-0.2, 0) is 11.5 Å². The summed E-state index contributed by atoms with van der Waals surface area (Å²) in [6.07, 6.45) is 0. The van der Waals surface area contributed by atoms with Gasteiger partial charge in [0.2, 0.25) is 11.8 Å². The summed E-state index contributed by atoms with van der Waals surface area (Å²) in [5.41, 5.74) is 2.57. The third-order valence-corrected chi connectivity index (χ3v) is 4.30. The maximum Gasteiger partial charge on any atom is 0.255 e. The molecule has 0 atom stereocenters. The van der Waals surface area contributed by atoms with Crippen molar-refractivity contribution in [3.63, 3.8) is 0 Å². The van der Waals surface area contributed by atoms with Gasteiger partial charge in [0.05, 0.1) is 5.75 Å². The zero-order chi connectivity index (χ0) is 16.8. The molecule has 0 aliphatic rings. The van der Waals surface area contributed by atoms with Crippen LogP contribution in [0.15, 0.2) is 59.0 Å². The number of amides is 1. The van der Waals surface area contributed by atoms with E-state index in [4.69, 9.17) is 4.42 Å². The minimum absolute atomic E-state index is 0.110. The van der Waals surface area contributed by atoms with Crippen molar-refractivity contribution < 1.29 is 9.21 Å². The molecule has 0 aliphatic heterocycles. The summed E-state index contributed by atoms with van der Waals surface area (Å²) in [7, 11) is 0. The number of aryl methyl sites for hydroxylation is 1. The van der Waals surface area contributed by atoms with Crippen LogP contribution >= 0.6 is 11.8 Å². The van der Waals surface area contributed by atoms with E-state index in [0.29, 0.717) is 23.1 Å². The van der Waals surface area contributed by atoms with Gasteiger partial charge in [0, 0.05) is 23.9 Å². The lowest BCUT2D eigenvalue weighted by Gasteiger charge is -2.06. The molecule has 0 radical (unpaired) electrons. The van der Waals surface area contributed by atoms with E-state index in [-0.39, 0.29) is 5.91 Å². The van der Waals surface area contributed by atoms with Crippen molar-refractivity contribution in [2.45, 2.75) is 18.4 Å². The minimum atomic E-state index is -0.110. The minimum Gasteiger partial charge on any atom is -0.425 e. The maximum absolute atomic E-state index is 12.2. The SMILES string of the molecule is Cc1nnc(CSCc2ccc(C(=O)Nc3ccccc3)cc2)o1. The first-order valence-corrected chi connectivity index (χ1v) is 8.68. The zero-order valence-electron chi connectivity index (χ0n) is 13.2. The average molecular weight is 339 g/mol. The van der Waals surface area contributed by atoms with Gasteiger partial charge in [0.15, 0.2) is 0 Å². The monoisotopic (exact) mass is 339 g/mol. The third-order valence-electron chi connectivity index (χ3n) is 3.31. The quantitative estimate of drug-likeness (QED) is 0.733. The number of rotatable bonds is 6. The van der Waals surface area contributed by atoms with E-state index in [2.05, 4.69) is 15.5 Å². The molecule has 0 bridgehead atoms. The van der Waals surface area contributed by atoms with Crippen LogP contribution in [0.25, 0.3) is 0 Å². The molecule has 3 aromatic rings. The Morgan fingerprint density at radius 1 is 1.04 bits per heavy atom. The van der Waals surface area contributed by atoms with Gasteiger partial charge in [-0.25, -0.2) is 0 Å². The van der Waals surface area contributed by atoms with Crippen LogP contribution in [0.4, 0.5) is 5.69 Å². The van der Waals surface area contributed by atoms with Gasteiger partial charge in [-0.15, -0.1) is 22.0 Å². The predicted octanol–water partition coefficient (Wildman–Crippen LogP) is 4.06. The molecule has 1 N–H and O–H groups in total. The number of carbonyl (C=O) groups excluding carboxylic acids is 1. The van der Waals surface area contributed by atoms with Gasteiger partial charge in [-0.3, -0.25) is 4.79 Å². The molecule has 0 aliphatic carbocycles. The number of nitrogens with zero attached hydrogens (tertiary/aromatic N) is 2. The Morgan fingerprint density at radius 2 is 1.79 bits per heavy atom. The first-order valence-electron chi connectivity index (χ1n) is 7.53. The highest BCUT2D eigenvalue weighted by atomic mass is 32.2. The standard InChI is InChI=1S/C18H17N3O2S/c1-13-20-21-17(23-13)12-24-11-14-7-9-15(10-8-14)18(22)19-16-5-3-2-4-6-16/h2-10H,11-12H2,1H3,(H,19,22). The van der Waals surface area contributed by atoms with Crippen LogP contribution in [-0.4, -0.2) is 16.1 Å². The van der Waals surface area contributed by atoms with Gasteiger partial charge in [0.1, 0.15) is 0 Å². The number of thioether (sulfide) groups is 1.